The first kappa shape index (κ1) is 14.0. The summed E-state index contributed by atoms with van der Waals surface area (Å²) < 4.78 is 5.12. The van der Waals surface area contributed by atoms with Crippen LogP contribution in [-0.4, -0.2) is 22.9 Å². The van der Waals surface area contributed by atoms with Gasteiger partial charge in [-0.2, -0.15) is 0 Å². The van der Waals surface area contributed by atoms with E-state index in [1.54, 1.807) is 12.4 Å². The van der Waals surface area contributed by atoms with Crippen molar-refractivity contribution in [3.05, 3.63) is 18.1 Å². The molecule has 0 aromatic carbocycles. The molecule has 0 amide bonds. The van der Waals surface area contributed by atoms with Crippen LogP contribution in [0, 0.1) is 11.8 Å². The number of Topliss-reactive ketones (excluding diaryl/α,β-unsaturated/α-hetero) is 1. The molecule has 1 fully saturated rings. The second kappa shape index (κ2) is 6.64. The molecule has 1 heterocycles. The van der Waals surface area contributed by atoms with E-state index in [-0.39, 0.29) is 11.7 Å². The van der Waals surface area contributed by atoms with Crippen LogP contribution < -0.4 is 4.74 Å². The molecule has 0 spiro atoms. The van der Waals surface area contributed by atoms with Crippen LogP contribution in [0.4, 0.5) is 0 Å². The van der Waals surface area contributed by atoms with Crippen molar-refractivity contribution in [3.63, 3.8) is 0 Å². The Balaban J connectivity index is 2.01. The fraction of sp³-hybridized carbons (Fsp3) is 0.667. The van der Waals surface area contributed by atoms with Crippen LogP contribution in [0.25, 0.3) is 0 Å². The first-order chi connectivity index (χ1) is 9.26. The molecule has 1 aromatic heterocycles. The lowest BCUT2D eigenvalue weighted by Gasteiger charge is -2.27. The molecule has 104 valence electrons. The molecule has 4 nitrogen and oxygen atoms in total. The van der Waals surface area contributed by atoms with Crippen molar-refractivity contribution >= 4 is 5.78 Å². The van der Waals surface area contributed by atoms with Crippen molar-refractivity contribution in [2.45, 2.75) is 45.4 Å². The summed E-state index contributed by atoms with van der Waals surface area (Å²) in [6, 6.07) is 0. The summed E-state index contributed by atoms with van der Waals surface area (Å²) in [5.41, 5.74) is 0.393. The number of ether oxygens (including phenoxy) is 1. The Kier molecular flexibility index (Phi) is 4.88. The van der Waals surface area contributed by atoms with Crippen molar-refractivity contribution in [1.29, 1.82) is 0 Å². The number of rotatable bonds is 5. The van der Waals surface area contributed by atoms with Gasteiger partial charge in [0.05, 0.1) is 7.11 Å². The lowest BCUT2D eigenvalue weighted by molar-refractivity contribution is 0.0860. The predicted molar refractivity (Wildman–Crippen MR) is 73.3 cm³/mol. The van der Waals surface area contributed by atoms with E-state index in [4.69, 9.17) is 4.74 Å². The summed E-state index contributed by atoms with van der Waals surface area (Å²) in [5.74, 6) is 1.35. The van der Waals surface area contributed by atoms with Crippen LogP contribution in [0.2, 0.25) is 0 Å². The van der Waals surface area contributed by atoms with Gasteiger partial charge in [-0.05, 0) is 31.6 Å². The van der Waals surface area contributed by atoms with Crippen LogP contribution in [0.3, 0.4) is 0 Å². The van der Waals surface area contributed by atoms with Gasteiger partial charge in [-0.1, -0.05) is 19.8 Å². The zero-order valence-corrected chi connectivity index (χ0v) is 11.8. The molecule has 0 N–H and O–H groups in total. The maximum Gasteiger partial charge on any atom is 0.243 e. The smallest absolute Gasteiger partial charge is 0.243 e. The third-order valence-electron chi connectivity index (χ3n) is 4.01. The molecule has 0 radical (unpaired) electrons. The van der Waals surface area contributed by atoms with Crippen molar-refractivity contribution in [3.8, 4) is 5.88 Å². The first-order valence-corrected chi connectivity index (χ1v) is 7.15. The van der Waals surface area contributed by atoms with Gasteiger partial charge in [-0.3, -0.25) is 4.79 Å². The summed E-state index contributed by atoms with van der Waals surface area (Å²) in [4.78, 5) is 20.7. The number of aromatic nitrogens is 2. The molecule has 2 rings (SSSR count). The fourth-order valence-electron chi connectivity index (χ4n) is 2.96. The number of hydrogen-bond donors (Lipinski definition) is 0. The van der Waals surface area contributed by atoms with E-state index in [0.29, 0.717) is 11.6 Å². The monoisotopic (exact) mass is 262 g/mol. The van der Waals surface area contributed by atoms with Crippen molar-refractivity contribution < 1.29 is 9.53 Å². The first-order valence-electron chi connectivity index (χ1n) is 7.15. The fourth-order valence-corrected chi connectivity index (χ4v) is 2.96. The van der Waals surface area contributed by atoms with Gasteiger partial charge in [0, 0.05) is 18.3 Å². The predicted octanol–water partition coefficient (Wildman–Crippen LogP) is 3.27. The molecule has 4 heteroatoms. The zero-order valence-electron chi connectivity index (χ0n) is 11.8. The molecule has 1 saturated carbocycles. The Morgan fingerprint density at radius 2 is 1.95 bits per heavy atom. The normalized spacial score (nSPS) is 23.1. The molecule has 1 aromatic rings. The maximum absolute atomic E-state index is 12.5. The Labute approximate surface area is 114 Å². The molecule has 0 bridgehead atoms. The molecule has 1 aliphatic rings. The van der Waals surface area contributed by atoms with Crippen LogP contribution in [0.15, 0.2) is 12.4 Å². The van der Waals surface area contributed by atoms with Crippen LogP contribution in [-0.2, 0) is 0 Å². The van der Waals surface area contributed by atoms with Gasteiger partial charge in [0.2, 0.25) is 5.88 Å². The summed E-state index contributed by atoms with van der Waals surface area (Å²) in [5, 5.41) is 0. The summed E-state index contributed by atoms with van der Waals surface area (Å²) in [7, 11) is 1.53. The number of nitrogens with zero attached hydrogens (tertiary/aromatic N) is 2. The highest BCUT2D eigenvalue weighted by atomic mass is 16.5. The van der Waals surface area contributed by atoms with E-state index in [9.17, 15) is 4.79 Å². The quantitative estimate of drug-likeness (QED) is 0.764. The largest absolute Gasteiger partial charge is 0.479 e. The van der Waals surface area contributed by atoms with E-state index in [2.05, 4.69) is 16.9 Å². The summed E-state index contributed by atoms with van der Waals surface area (Å²) >= 11 is 0. The molecule has 0 atom stereocenters. The number of ketones is 1. The van der Waals surface area contributed by atoms with Gasteiger partial charge in [0.1, 0.15) is 0 Å². The topological polar surface area (TPSA) is 52.1 Å². The SMILES string of the molecule is CCCC1CCC(C(=O)c2nccnc2OC)CC1. The molecule has 0 aliphatic heterocycles. The Hall–Kier alpha value is -1.45. The lowest BCUT2D eigenvalue weighted by atomic mass is 9.78. The molecule has 19 heavy (non-hydrogen) atoms. The van der Waals surface area contributed by atoms with Crippen LogP contribution in [0.1, 0.15) is 55.9 Å². The molecular formula is C15H22N2O2. The standard InChI is InChI=1S/C15H22N2O2/c1-3-4-11-5-7-12(8-6-11)14(18)13-15(19-2)17-10-9-16-13/h9-12H,3-8H2,1-2H3. The molecule has 0 unspecified atom stereocenters. The Morgan fingerprint density at radius 3 is 2.58 bits per heavy atom. The van der Waals surface area contributed by atoms with Gasteiger partial charge in [-0.25, -0.2) is 9.97 Å². The lowest BCUT2D eigenvalue weighted by Crippen LogP contribution is -2.23. The minimum Gasteiger partial charge on any atom is -0.479 e. The van der Waals surface area contributed by atoms with E-state index < -0.39 is 0 Å². The van der Waals surface area contributed by atoms with E-state index in [0.717, 1.165) is 31.6 Å². The summed E-state index contributed by atoms with van der Waals surface area (Å²) in [6.07, 6.45) is 9.90. The van der Waals surface area contributed by atoms with Crippen LogP contribution >= 0.6 is 0 Å². The van der Waals surface area contributed by atoms with Crippen LogP contribution in [0.5, 0.6) is 5.88 Å². The number of methoxy groups -OCH3 is 1. The number of carbonyl (C=O) groups is 1. The third kappa shape index (κ3) is 3.31. The van der Waals surface area contributed by atoms with Gasteiger partial charge < -0.3 is 4.74 Å². The van der Waals surface area contributed by atoms with Crippen molar-refractivity contribution in [1.82, 2.24) is 9.97 Å². The second-order valence-electron chi connectivity index (χ2n) is 5.28. The van der Waals surface area contributed by atoms with Crippen molar-refractivity contribution in [2.24, 2.45) is 11.8 Å². The van der Waals surface area contributed by atoms with Gasteiger partial charge >= 0.3 is 0 Å². The second-order valence-corrected chi connectivity index (χ2v) is 5.28. The Morgan fingerprint density at radius 1 is 1.26 bits per heavy atom. The average molecular weight is 262 g/mol. The van der Waals surface area contributed by atoms with E-state index in [1.807, 2.05) is 0 Å². The average Bonchev–Trinajstić information content (AvgIpc) is 2.47. The number of carbonyl (C=O) groups excluding carboxylic acids is 1. The molecule has 1 aliphatic carbocycles. The van der Waals surface area contributed by atoms with E-state index in [1.165, 1.54) is 20.0 Å². The molecular weight excluding hydrogens is 240 g/mol. The minimum absolute atomic E-state index is 0.0960. The zero-order chi connectivity index (χ0) is 13.7. The van der Waals surface area contributed by atoms with Gasteiger partial charge in [0.25, 0.3) is 0 Å². The summed E-state index contributed by atoms with van der Waals surface area (Å²) in [6.45, 7) is 2.22. The Bertz CT molecular complexity index is 426. The van der Waals surface area contributed by atoms with E-state index >= 15 is 0 Å². The highest BCUT2D eigenvalue weighted by Gasteiger charge is 2.29. The highest BCUT2D eigenvalue weighted by molar-refractivity contribution is 5.98. The van der Waals surface area contributed by atoms with Gasteiger partial charge in [0.15, 0.2) is 11.5 Å². The highest BCUT2D eigenvalue weighted by Crippen LogP contribution is 2.33. The molecule has 0 saturated heterocycles. The van der Waals surface area contributed by atoms with Gasteiger partial charge in [-0.15, -0.1) is 0 Å². The number of hydrogen-bond acceptors (Lipinski definition) is 4. The minimum atomic E-state index is 0.0960. The van der Waals surface area contributed by atoms with Crippen molar-refractivity contribution in [2.75, 3.05) is 7.11 Å². The maximum atomic E-state index is 12.5. The third-order valence-corrected chi connectivity index (χ3v) is 4.01.